The molecule has 0 atom stereocenters. The van der Waals surface area contributed by atoms with Crippen LogP contribution in [0.1, 0.15) is 18.2 Å². The number of hydrogen-bond acceptors (Lipinski definition) is 4. The molecule has 0 aliphatic heterocycles. The van der Waals surface area contributed by atoms with Crippen LogP contribution < -0.4 is 10.3 Å². The Morgan fingerprint density at radius 1 is 1.00 bits per heavy atom. The fraction of sp³-hybridized carbons (Fsp3) is 0.125. The number of aromatic nitrogens is 3. The second-order valence-corrected chi connectivity index (χ2v) is 6.90. The lowest BCUT2D eigenvalue weighted by molar-refractivity contribution is 0.415. The van der Waals surface area contributed by atoms with Crippen molar-refractivity contribution in [2.45, 2.75) is 13.8 Å². The van der Waals surface area contributed by atoms with E-state index in [1.54, 1.807) is 7.11 Å². The van der Waals surface area contributed by atoms with Crippen molar-refractivity contribution in [1.82, 2.24) is 14.8 Å². The number of methoxy groups -OCH3 is 1. The SMILES string of the molecule is COc1ccc(-c2[nH]n(-c3ccccc3)c(=O)c2C(C)=Nc2cccc(C)n2)cc1. The van der Waals surface area contributed by atoms with Crippen LogP contribution in [0, 0.1) is 6.92 Å². The first-order valence-electron chi connectivity index (χ1n) is 9.61. The Hall–Kier alpha value is -3.93. The molecule has 0 aliphatic rings. The van der Waals surface area contributed by atoms with Gasteiger partial charge in [0.1, 0.15) is 5.75 Å². The number of aliphatic imine (C=N–C) groups is 1. The van der Waals surface area contributed by atoms with Crippen LogP contribution in [0.3, 0.4) is 0 Å². The Morgan fingerprint density at radius 2 is 1.73 bits per heavy atom. The molecule has 0 bridgehead atoms. The zero-order valence-corrected chi connectivity index (χ0v) is 17.1. The minimum absolute atomic E-state index is 0.166. The topological polar surface area (TPSA) is 72.3 Å². The van der Waals surface area contributed by atoms with Crippen molar-refractivity contribution in [2.24, 2.45) is 4.99 Å². The smallest absolute Gasteiger partial charge is 0.280 e. The normalized spacial score (nSPS) is 11.5. The molecule has 0 unspecified atom stereocenters. The summed E-state index contributed by atoms with van der Waals surface area (Å²) in [5, 5.41) is 3.26. The summed E-state index contributed by atoms with van der Waals surface area (Å²) in [6.07, 6.45) is 0. The predicted octanol–water partition coefficient (Wildman–Crippen LogP) is 4.69. The van der Waals surface area contributed by atoms with Gasteiger partial charge in [0.25, 0.3) is 5.56 Å². The maximum atomic E-state index is 13.4. The summed E-state index contributed by atoms with van der Waals surface area (Å²) in [4.78, 5) is 22.5. The number of nitrogens with zero attached hydrogens (tertiary/aromatic N) is 3. The summed E-state index contributed by atoms with van der Waals surface area (Å²) in [7, 11) is 1.62. The Morgan fingerprint density at radius 3 is 2.40 bits per heavy atom. The molecule has 4 aromatic rings. The van der Waals surface area contributed by atoms with Gasteiger partial charge in [0.2, 0.25) is 0 Å². The standard InChI is InChI=1S/C24H22N4O2/c1-16-8-7-11-21(25-16)26-17(2)22-23(18-12-14-20(30-3)15-13-18)27-28(24(22)29)19-9-5-4-6-10-19/h4-15,27H,1-3H3. The third-order valence-electron chi connectivity index (χ3n) is 4.80. The summed E-state index contributed by atoms with van der Waals surface area (Å²) in [5.74, 6) is 1.32. The molecule has 4 rings (SSSR count). The van der Waals surface area contributed by atoms with Crippen LogP contribution in [0.25, 0.3) is 16.9 Å². The van der Waals surface area contributed by atoms with Gasteiger partial charge < -0.3 is 4.74 Å². The van der Waals surface area contributed by atoms with Gasteiger partial charge in [0.05, 0.1) is 29.8 Å². The molecule has 0 aliphatic carbocycles. The van der Waals surface area contributed by atoms with Gasteiger partial charge in [0, 0.05) is 11.3 Å². The molecule has 2 aromatic carbocycles. The van der Waals surface area contributed by atoms with E-state index in [1.807, 2.05) is 86.6 Å². The minimum Gasteiger partial charge on any atom is -0.497 e. The van der Waals surface area contributed by atoms with E-state index in [1.165, 1.54) is 4.68 Å². The largest absolute Gasteiger partial charge is 0.497 e. The molecule has 0 spiro atoms. The van der Waals surface area contributed by atoms with E-state index in [0.29, 0.717) is 22.8 Å². The van der Waals surface area contributed by atoms with Gasteiger partial charge in [-0.3, -0.25) is 9.89 Å². The number of pyridine rings is 1. The molecule has 150 valence electrons. The number of aromatic amines is 1. The lowest BCUT2D eigenvalue weighted by atomic mass is 10.1. The molecular weight excluding hydrogens is 376 g/mol. The van der Waals surface area contributed by atoms with Gasteiger partial charge >= 0.3 is 0 Å². The second-order valence-electron chi connectivity index (χ2n) is 6.90. The number of ether oxygens (including phenoxy) is 1. The molecule has 1 N–H and O–H groups in total. The zero-order valence-electron chi connectivity index (χ0n) is 17.1. The average molecular weight is 398 g/mol. The maximum Gasteiger partial charge on any atom is 0.280 e. The first-order chi connectivity index (χ1) is 14.6. The predicted molar refractivity (Wildman–Crippen MR) is 119 cm³/mol. The van der Waals surface area contributed by atoms with Crippen LogP contribution in [0.15, 0.2) is 82.6 Å². The van der Waals surface area contributed by atoms with Crippen molar-refractivity contribution in [2.75, 3.05) is 7.11 Å². The van der Waals surface area contributed by atoms with Gasteiger partial charge in [-0.2, -0.15) is 0 Å². The number of rotatable bonds is 5. The Kier molecular flexibility index (Phi) is 5.30. The highest BCUT2D eigenvalue weighted by atomic mass is 16.5. The van der Waals surface area contributed by atoms with Crippen LogP contribution in [-0.4, -0.2) is 27.6 Å². The number of benzene rings is 2. The van der Waals surface area contributed by atoms with E-state index < -0.39 is 0 Å². The van der Waals surface area contributed by atoms with Crippen molar-refractivity contribution >= 4 is 11.5 Å². The van der Waals surface area contributed by atoms with Crippen LogP contribution in [0.4, 0.5) is 5.82 Å². The fourth-order valence-corrected chi connectivity index (χ4v) is 3.32. The van der Waals surface area contributed by atoms with E-state index in [4.69, 9.17) is 4.74 Å². The van der Waals surface area contributed by atoms with Crippen LogP contribution >= 0.6 is 0 Å². The Balaban J connectivity index is 1.90. The van der Waals surface area contributed by atoms with Crippen LogP contribution in [-0.2, 0) is 0 Å². The molecule has 2 aromatic heterocycles. The van der Waals surface area contributed by atoms with E-state index >= 15 is 0 Å². The van der Waals surface area contributed by atoms with E-state index in [-0.39, 0.29) is 5.56 Å². The summed E-state index contributed by atoms with van der Waals surface area (Å²) < 4.78 is 6.80. The second kappa shape index (κ2) is 8.21. The molecule has 30 heavy (non-hydrogen) atoms. The van der Waals surface area contributed by atoms with Crippen molar-refractivity contribution in [3.05, 3.63) is 94.4 Å². The maximum absolute atomic E-state index is 13.4. The van der Waals surface area contributed by atoms with Crippen molar-refractivity contribution in [3.63, 3.8) is 0 Å². The third kappa shape index (κ3) is 3.80. The fourth-order valence-electron chi connectivity index (χ4n) is 3.32. The molecule has 0 radical (unpaired) electrons. The molecule has 0 saturated heterocycles. The summed E-state index contributed by atoms with van der Waals surface area (Å²) in [6.45, 7) is 3.74. The summed E-state index contributed by atoms with van der Waals surface area (Å²) >= 11 is 0. The lowest BCUT2D eigenvalue weighted by Crippen LogP contribution is -2.19. The quantitative estimate of drug-likeness (QED) is 0.496. The average Bonchev–Trinajstić information content (AvgIpc) is 3.11. The molecule has 2 heterocycles. The monoisotopic (exact) mass is 398 g/mol. The zero-order chi connectivity index (χ0) is 21.1. The van der Waals surface area contributed by atoms with Gasteiger partial charge in [-0.05, 0) is 62.4 Å². The molecular formula is C24H22N4O2. The molecule has 0 amide bonds. The molecule has 0 saturated carbocycles. The van der Waals surface area contributed by atoms with Crippen LogP contribution in [0.2, 0.25) is 0 Å². The number of aryl methyl sites for hydroxylation is 1. The Labute approximate surface area is 174 Å². The van der Waals surface area contributed by atoms with E-state index in [0.717, 1.165) is 22.7 Å². The van der Waals surface area contributed by atoms with Gasteiger partial charge in [-0.15, -0.1) is 0 Å². The number of nitrogens with one attached hydrogen (secondary N) is 1. The van der Waals surface area contributed by atoms with Gasteiger partial charge in [-0.1, -0.05) is 24.3 Å². The molecule has 0 fully saturated rings. The van der Waals surface area contributed by atoms with Crippen molar-refractivity contribution in [1.29, 1.82) is 0 Å². The van der Waals surface area contributed by atoms with E-state index in [2.05, 4.69) is 15.1 Å². The summed E-state index contributed by atoms with van der Waals surface area (Å²) in [5.41, 5.74) is 4.12. The first-order valence-corrected chi connectivity index (χ1v) is 9.61. The molecule has 6 heteroatoms. The van der Waals surface area contributed by atoms with Crippen molar-refractivity contribution < 1.29 is 4.74 Å². The van der Waals surface area contributed by atoms with Gasteiger partial charge in [0.15, 0.2) is 5.82 Å². The van der Waals surface area contributed by atoms with E-state index in [9.17, 15) is 4.79 Å². The number of hydrogen-bond donors (Lipinski definition) is 1. The molecule has 6 nitrogen and oxygen atoms in total. The minimum atomic E-state index is -0.166. The highest BCUT2D eigenvalue weighted by Crippen LogP contribution is 2.25. The van der Waals surface area contributed by atoms with Gasteiger partial charge in [-0.25, -0.2) is 14.7 Å². The highest BCUT2D eigenvalue weighted by Gasteiger charge is 2.19. The van der Waals surface area contributed by atoms with Crippen LogP contribution in [0.5, 0.6) is 5.75 Å². The first kappa shape index (κ1) is 19.4. The Bertz CT molecular complexity index is 1250. The third-order valence-corrected chi connectivity index (χ3v) is 4.80. The lowest BCUT2D eigenvalue weighted by Gasteiger charge is -2.05. The number of H-pyrrole nitrogens is 1. The summed E-state index contributed by atoms with van der Waals surface area (Å²) in [6, 6.07) is 22.7. The number of para-hydroxylation sites is 1. The van der Waals surface area contributed by atoms with Crippen molar-refractivity contribution in [3.8, 4) is 22.7 Å². The highest BCUT2D eigenvalue weighted by molar-refractivity contribution is 6.04.